The summed E-state index contributed by atoms with van der Waals surface area (Å²) in [7, 11) is 0. The highest BCUT2D eigenvalue weighted by atomic mass is 16.7. The lowest BCUT2D eigenvalue weighted by molar-refractivity contribution is -0.284. The highest BCUT2D eigenvalue weighted by Crippen LogP contribution is 2.30. The minimum atomic E-state index is -1.86. The topological polar surface area (TPSA) is 183 Å². The molecule has 14 nitrogen and oxygen atoms in total. The summed E-state index contributed by atoms with van der Waals surface area (Å²) in [5.74, 6) is -3.21. The van der Waals surface area contributed by atoms with E-state index in [4.69, 9.17) is 43.0 Å². The van der Waals surface area contributed by atoms with E-state index in [0.717, 1.165) is 6.61 Å². The minimum absolute atomic E-state index is 0.0684. The summed E-state index contributed by atoms with van der Waals surface area (Å²) in [4.78, 5) is 52.3. The second kappa shape index (κ2) is 24.1. The molecule has 0 spiro atoms. The van der Waals surface area contributed by atoms with Crippen LogP contribution in [-0.4, -0.2) is 118 Å². The summed E-state index contributed by atoms with van der Waals surface area (Å²) in [6.07, 6.45) is -7.89. The fraction of sp³-hybridized carbons (Fsp3) is 0.333. The van der Waals surface area contributed by atoms with Gasteiger partial charge in [-0.15, -0.1) is 0 Å². The molecule has 0 aliphatic carbocycles. The van der Waals surface area contributed by atoms with Gasteiger partial charge in [0.15, 0.2) is 24.6 Å². The maximum atomic E-state index is 13.3. The molecule has 14 heteroatoms. The van der Waals surface area contributed by atoms with E-state index in [2.05, 4.69) is 0 Å². The van der Waals surface area contributed by atoms with E-state index >= 15 is 0 Å². The number of rotatable bonds is 18. The van der Waals surface area contributed by atoms with Gasteiger partial charge in [0.1, 0.15) is 12.7 Å². The SMILES string of the molecule is CCOCCOCCOCCO.O=C(OC[C@H]1O[C@@H](O)[C@H](OC(=O)c2ccccc2)[C@@H](OC(=O)c2ccccc2)[C@H]1OC(=O)c1ccccc1)c1ccccc1. The van der Waals surface area contributed by atoms with Gasteiger partial charge < -0.3 is 48.1 Å². The molecular formula is C42H46O14. The first-order valence-electron chi connectivity index (χ1n) is 18.0. The van der Waals surface area contributed by atoms with Crippen LogP contribution in [0.4, 0.5) is 0 Å². The first-order valence-corrected chi connectivity index (χ1v) is 18.0. The van der Waals surface area contributed by atoms with E-state index in [-0.39, 0.29) is 28.9 Å². The molecule has 1 aliphatic heterocycles. The fourth-order valence-electron chi connectivity index (χ4n) is 5.19. The van der Waals surface area contributed by atoms with Crippen LogP contribution >= 0.6 is 0 Å². The normalized spacial score (nSPS) is 18.7. The van der Waals surface area contributed by atoms with Gasteiger partial charge in [0, 0.05) is 6.61 Å². The molecule has 5 atom stereocenters. The third-order valence-corrected chi connectivity index (χ3v) is 7.94. The molecule has 1 saturated heterocycles. The van der Waals surface area contributed by atoms with Crippen molar-refractivity contribution in [1.82, 2.24) is 0 Å². The Labute approximate surface area is 324 Å². The van der Waals surface area contributed by atoms with Gasteiger partial charge in [-0.05, 0) is 55.5 Å². The van der Waals surface area contributed by atoms with Crippen molar-refractivity contribution in [3.63, 3.8) is 0 Å². The summed E-state index contributed by atoms with van der Waals surface area (Å²) >= 11 is 0. The number of carbonyl (C=O) groups is 4. The van der Waals surface area contributed by atoms with Crippen LogP contribution in [0.2, 0.25) is 0 Å². The molecule has 4 aromatic carbocycles. The van der Waals surface area contributed by atoms with Crippen molar-refractivity contribution in [3.05, 3.63) is 144 Å². The lowest BCUT2D eigenvalue weighted by atomic mass is 9.97. The third kappa shape index (κ3) is 14.0. The van der Waals surface area contributed by atoms with Crippen LogP contribution in [0, 0.1) is 0 Å². The van der Waals surface area contributed by atoms with E-state index in [9.17, 15) is 24.3 Å². The fourth-order valence-corrected chi connectivity index (χ4v) is 5.19. The Hall–Kier alpha value is -5.48. The van der Waals surface area contributed by atoms with Crippen LogP contribution in [0.3, 0.4) is 0 Å². The van der Waals surface area contributed by atoms with Gasteiger partial charge >= 0.3 is 23.9 Å². The molecule has 0 aromatic heterocycles. The zero-order chi connectivity index (χ0) is 40.0. The second-order valence-corrected chi connectivity index (χ2v) is 11.9. The van der Waals surface area contributed by atoms with Crippen LogP contribution < -0.4 is 0 Å². The number of hydrogen-bond acceptors (Lipinski definition) is 14. The average Bonchev–Trinajstić information content (AvgIpc) is 3.24. The zero-order valence-corrected chi connectivity index (χ0v) is 30.9. The molecule has 0 radical (unpaired) electrons. The van der Waals surface area contributed by atoms with Gasteiger partial charge in [-0.2, -0.15) is 0 Å². The summed E-state index contributed by atoms with van der Waals surface area (Å²) in [5.41, 5.74) is 0.736. The number of hydrogen-bond donors (Lipinski definition) is 2. The molecule has 5 rings (SSSR count). The van der Waals surface area contributed by atoms with Gasteiger partial charge in [0.05, 0.1) is 61.9 Å². The molecule has 0 bridgehead atoms. The van der Waals surface area contributed by atoms with Crippen molar-refractivity contribution >= 4 is 23.9 Å². The van der Waals surface area contributed by atoms with Gasteiger partial charge in [-0.3, -0.25) is 0 Å². The van der Waals surface area contributed by atoms with E-state index in [0.29, 0.717) is 33.0 Å². The quantitative estimate of drug-likeness (QED) is 0.0830. The predicted octanol–water partition coefficient (Wildman–Crippen LogP) is 4.29. The Bertz CT molecular complexity index is 1730. The van der Waals surface area contributed by atoms with Crippen LogP contribution in [0.25, 0.3) is 0 Å². The zero-order valence-electron chi connectivity index (χ0n) is 30.9. The smallest absolute Gasteiger partial charge is 0.338 e. The van der Waals surface area contributed by atoms with Crippen molar-refractivity contribution in [2.45, 2.75) is 37.6 Å². The molecule has 4 aromatic rings. The number of benzene rings is 4. The van der Waals surface area contributed by atoms with E-state index in [1.807, 2.05) is 6.92 Å². The lowest BCUT2D eigenvalue weighted by Gasteiger charge is -2.42. The Morgan fingerprint density at radius 3 is 1.32 bits per heavy atom. The van der Waals surface area contributed by atoms with E-state index in [1.165, 1.54) is 36.4 Å². The van der Waals surface area contributed by atoms with Crippen molar-refractivity contribution in [2.75, 3.05) is 52.9 Å². The third-order valence-electron chi connectivity index (χ3n) is 7.94. The first kappa shape index (κ1) is 43.3. The molecular weight excluding hydrogens is 728 g/mol. The Kier molecular flexibility index (Phi) is 18.6. The maximum absolute atomic E-state index is 13.3. The van der Waals surface area contributed by atoms with Gasteiger partial charge in [-0.25, -0.2) is 19.2 Å². The summed E-state index contributed by atoms with van der Waals surface area (Å²) < 4.78 is 43.6. The molecule has 56 heavy (non-hydrogen) atoms. The number of carbonyl (C=O) groups excluding carboxylic acids is 4. The summed E-state index contributed by atoms with van der Waals surface area (Å²) in [5, 5.41) is 19.4. The molecule has 0 saturated carbocycles. The van der Waals surface area contributed by atoms with Crippen molar-refractivity contribution < 1.29 is 67.3 Å². The summed E-state index contributed by atoms with van der Waals surface area (Å²) in [6, 6.07) is 32.1. The van der Waals surface area contributed by atoms with Crippen molar-refractivity contribution in [2.24, 2.45) is 0 Å². The molecule has 1 aliphatic rings. The number of esters is 4. The van der Waals surface area contributed by atoms with Crippen LogP contribution in [0.5, 0.6) is 0 Å². The lowest BCUT2D eigenvalue weighted by Crippen LogP contribution is -2.62. The highest BCUT2D eigenvalue weighted by Gasteiger charge is 2.52. The second-order valence-electron chi connectivity index (χ2n) is 11.9. The van der Waals surface area contributed by atoms with Crippen LogP contribution in [0.15, 0.2) is 121 Å². The average molecular weight is 775 g/mol. The Morgan fingerprint density at radius 2 is 0.893 bits per heavy atom. The largest absolute Gasteiger partial charge is 0.459 e. The number of aliphatic hydroxyl groups excluding tert-OH is 2. The van der Waals surface area contributed by atoms with Crippen LogP contribution in [-0.2, 0) is 37.9 Å². The maximum Gasteiger partial charge on any atom is 0.338 e. The number of aliphatic hydroxyl groups is 2. The molecule has 2 N–H and O–H groups in total. The standard InChI is InChI=1S/C34H28O10.C8H18O4/c35-30(22-13-5-1-6-14-22)40-21-26-27(42-31(36)23-15-7-2-8-16-23)28(43-32(37)24-17-9-3-10-18-24)29(34(39)41-26)44-33(38)25-19-11-4-12-20-25;1-2-10-5-6-12-8-7-11-4-3-9/h1-20,26-29,34,39H,21H2;9H,2-8H2,1H3/t26-,27+,28+,29-,34-;/m1./s1. The van der Waals surface area contributed by atoms with Crippen molar-refractivity contribution in [1.29, 1.82) is 0 Å². The molecule has 0 amide bonds. The van der Waals surface area contributed by atoms with Gasteiger partial charge in [0.2, 0.25) is 0 Å². The molecule has 1 fully saturated rings. The molecule has 1 heterocycles. The van der Waals surface area contributed by atoms with Gasteiger partial charge in [-0.1, -0.05) is 72.8 Å². The van der Waals surface area contributed by atoms with Crippen molar-refractivity contribution in [3.8, 4) is 0 Å². The first-order chi connectivity index (χ1) is 27.3. The molecule has 298 valence electrons. The predicted molar refractivity (Wildman–Crippen MR) is 200 cm³/mol. The minimum Gasteiger partial charge on any atom is -0.459 e. The van der Waals surface area contributed by atoms with Crippen LogP contribution in [0.1, 0.15) is 48.4 Å². The Morgan fingerprint density at radius 1 is 0.518 bits per heavy atom. The Balaban J connectivity index is 0.000000501. The summed E-state index contributed by atoms with van der Waals surface area (Å²) in [6.45, 7) is 4.96. The highest BCUT2D eigenvalue weighted by molar-refractivity contribution is 5.91. The van der Waals surface area contributed by atoms with E-state index < -0.39 is 61.2 Å². The molecule has 0 unspecified atom stereocenters. The monoisotopic (exact) mass is 774 g/mol. The number of ether oxygens (including phenoxy) is 8. The van der Waals surface area contributed by atoms with E-state index in [1.54, 1.807) is 84.9 Å². The van der Waals surface area contributed by atoms with Gasteiger partial charge in [0.25, 0.3) is 0 Å².